The fourth-order valence-electron chi connectivity index (χ4n) is 2.02. The van der Waals surface area contributed by atoms with Gasteiger partial charge in [-0.25, -0.2) is 8.42 Å². The molecule has 1 heterocycles. The van der Waals surface area contributed by atoms with Gasteiger partial charge in [0.1, 0.15) is 4.90 Å². The summed E-state index contributed by atoms with van der Waals surface area (Å²) in [6.07, 6.45) is 2.11. The third-order valence-electron chi connectivity index (χ3n) is 3.06. The molecule has 0 fully saturated rings. The van der Waals surface area contributed by atoms with E-state index in [9.17, 15) is 8.42 Å². The lowest BCUT2D eigenvalue weighted by molar-refractivity contribution is 0.337. The summed E-state index contributed by atoms with van der Waals surface area (Å²) in [5.41, 5.74) is 1.47. The molecule has 1 aromatic heterocycles. The molecule has 1 rings (SSSR count). The normalized spacial score (nSPS) is 12.9. The zero-order valence-corrected chi connectivity index (χ0v) is 13.9. The number of nitrogens with zero attached hydrogens (tertiary/aromatic N) is 2. The van der Waals surface area contributed by atoms with Crippen LogP contribution in [0.5, 0.6) is 0 Å². The average Bonchev–Trinajstić information content (AvgIpc) is 2.62. The van der Waals surface area contributed by atoms with Crippen LogP contribution in [0.25, 0.3) is 0 Å². The summed E-state index contributed by atoms with van der Waals surface area (Å²) < 4.78 is 25.2. The fourth-order valence-corrected chi connectivity index (χ4v) is 3.55. The predicted octanol–water partition coefficient (Wildman–Crippen LogP) is 3.37. The van der Waals surface area contributed by atoms with Crippen LogP contribution in [-0.4, -0.2) is 18.2 Å². The van der Waals surface area contributed by atoms with Crippen LogP contribution in [0.3, 0.4) is 0 Å². The second kappa shape index (κ2) is 5.83. The SMILES string of the molecule is CCc1nn(CCC(C)(C)C)c(CC)c1S(=O)(=O)Cl. The summed E-state index contributed by atoms with van der Waals surface area (Å²) in [5, 5.41) is 4.42. The van der Waals surface area contributed by atoms with Gasteiger partial charge in [0, 0.05) is 17.2 Å². The Labute approximate surface area is 120 Å². The minimum Gasteiger partial charge on any atom is -0.268 e. The third-order valence-corrected chi connectivity index (χ3v) is 4.49. The topological polar surface area (TPSA) is 52.0 Å². The minimum absolute atomic E-state index is 0.184. The van der Waals surface area contributed by atoms with Gasteiger partial charge in [0.15, 0.2) is 0 Å². The van der Waals surface area contributed by atoms with E-state index < -0.39 is 9.05 Å². The maximum Gasteiger partial charge on any atom is 0.264 e. The van der Waals surface area contributed by atoms with Crippen molar-refractivity contribution in [2.75, 3.05) is 0 Å². The van der Waals surface area contributed by atoms with Crippen LogP contribution >= 0.6 is 10.7 Å². The van der Waals surface area contributed by atoms with Gasteiger partial charge in [-0.3, -0.25) is 4.68 Å². The molecule has 0 bridgehead atoms. The average molecular weight is 307 g/mol. The van der Waals surface area contributed by atoms with Gasteiger partial charge in [-0.1, -0.05) is 34.6 Å². The molecule has 0 atom stereocenters. The molecule has 0 saturated carbocycles. The van der Waals surface area contributed by atoms with Crippen LogP contribution in [0.4, 0.5) is 0 Å². The van der Waals surface area contributed by atoms with Crippen LogP contribution in [-0.2, 0) is 28.4 Å². The molecule has 0 saturated heterocycles. The minimum atomic E-state index is -3.73. The van der Waals surface area contributed by atoms with Gasteiger partial charge in [0.05, 0.1) is 11.4 Å². The standard InChI is InChI=1S/C13H23ClN2O2S/c1-6-10-12(19(14,17)18)11(7-2)16(15-10)9-8-13(3,4)5/h6-9H2,1-5H3. The van der Waals surface area contributed by atoms with E-state index in [2.05, 4.69) is 25.9 Å². The molecule has 0 aliphatic heterocycles. The fraction of sp³-hybridized carbons (Fsp3) is 0.769. The molecule has 0 radical (unpaired) electrons. The number of aromatic nitrogens is 2. The lowest BCUT2D eigenvalue weighted by Crippen LogP contribution is -2.13. The van der Waals surface area contributed by atoms with Crippen LogP contribution in [0.15, 0.2) is 4.90 Å². The first kappa shape index (κ1) is 16.5. The van der Waals surface area contributed by atoms with E-state index >= 15 is 0 Å². The summed E-state index contributed by atoms with van der Waals surface area (Å²) in [4.78, 5) is 0.216. The van der Waals surface area contributed by atoms with E-state index in [4.69, 9.17) is 10.7 Å². The van der Waals surface area contributed by atoms with Crippen molar-refractivity contribution in [2.45, 2.75) is 65.3 Å². The summed E-state index contributed by atoms with van der Waals surface area (Å²) in [6.45, 7) is 11.0. The molecule has 0 amide bonds. The van der Waals surface area contributed by atoms with E-state index in [1.807, 2.05) is 13.8 Å². The molecular weight excluding hydrogens is 284 g/mol. The molecule has 1 aromatic rings. The zero-order valence-electron chi connectivity index (χ0n) is 12.3. The number of rotatable bonds is 5. The van der Waals surface area contributed by atoms with E-state index in [0.717, 1.165) is 12.1 Å². The molecule has 110 valence electrons. The molecule has 0 spiro atoms. The monoisotopic (exact) mass is 306 g/mol. The van der Waals surface area contributed by atoms with Crippen molar-refractivity contribution in [3.63, 3.8) is 0 Å². The summed E-state index contributed by atoms with van der Waals surface area (Å²) in [5.74, 6) is 0. The summed E-state index contributed by atoms with van der Waals surface area (Å²) in [7, 11) is 1.82. The van der Waals surface area contributed by atoms with Gasteiger partial charge in [-0.2, -0.15) is 5.10 Å². The molecule has 0 unspecified atom stereocenters. The molecule has 6 heteroatoms. The van der Waals surface area contributed by atoms with Gasteiger partial charge in [-0.15, -0.1) is 0 Å². The highest BCUT2D eigenvalue weighted by Gasteiger charge is 2.25. The first-order valence-corrected chi connectivity index (χ1v) is 8.94. The van der Waals surface area contributed by atoms with Crippen molar-refractivity contribution in [2.24, 2.45) is 5.41 Å². The van der Waals surface area contributed by atoms with Crippen molar-refractivity contribution in [3.8, 4) is 0 Å². The van der Waals surface area contributed by atoms with E-state index in [-0.39, 0.29) is 10.3 Å². The number of hydrogen-bond donors (Lipinski definition) is 0. The quantitative estimate of drug-likeness (QED) is 0.784. The zero-order chi connectivity index (χ0) is 14.8. The molecule has 19 heavy (non-hydrogen) atoms. The molecular formula is C13H23ClN2O2S. The van der Waals surface area contributed by atoms with E-state index in [1.165, 1.54) is 0 Å². The van der Waals surface area contributed by atoms with Gasteiger partial charge in [0.25, 0.3) is 9.05 Å². The van der Waals surface area contributed by atoms with Crippen molar-refractivity contribution in [3.05, 3.63) is 11.4 Å². The van der Waals surface area contributed by atoms with Gasteiger partial charge in [0.2, 0.25) is 0 Å². The van der Waals surface area contributed by atoms with Crippen LogP contribution in [0.2, 0.25) is 0 Å². The Morgan fingerprint density at radius 2 is 1.79 bits per heavy atom. The second-order valence-electron chi connectivity index (χ2n) is 5.90. The molecule has 0 aromatic carbocycles. The number of aryl methyl sites for hydroxylation is 2. The van der Waals surface area contributed by atoms with Gasteiger partial charge in [-0.05, 0) is 24.7 Å². The Morgan fingerprint density at radius 3 is 2.16 bits per heavy atom. The maximum absolute atomic E-state index is 11.7. The molecule has 0 aliphatic rings. The Bertz CT molecular complexity index is 542. The van der Waals surface area contributed by atoms with Crippen molar-refractivity contribution in [1.82, 2.24) is 9.78 Å². The van der Waals surface area contributed by atoms with Crippen molar-refractivity contribution < 1.29 is 8.42 Å². The van der Waals surface area contributed by atoms with Crippen LogP contribution in [0, 0.1) is 5.41 Å². The number of halogens is 1. The molecule has 0 aliphatic carbocycles. The predicted molar refractivity (Wildman–Crippen MR) is 78.1 cm³/mol. The smallest absolute Gasteiger partial charge is 0.264 e. The van der Waals surface area contributed by atoms with Crippen LogP contribution < -0.4 is 0 Å². The van der Waals surface area contributed by atoms with Crippen molar-refractivity contribution in [1.29, 1.82) is 0 Å². The maximum atomic E-state index is 11.7. The second-order valence-corrected chi connectivity index (χ2v) is 8.40. The lowest BCUT2D eigenvalue weighted by atomic mass is 9.92. The van der Waals surface area contributed by atoms with Crippen molar-refractivity contribution >= 4 is 19.7 Å². The van der Waals surface area contributed by atoms with Gasteiger partial charge >= 0.3 is 0 Å². The Morgan fingerprint density at radius 1 is 1.21 bits per heavy atom. The highest BCUT2D eigenvalue weighted by atomic mass is 35.7. The highest BCUT2D eigenvalue weighted by Crippen LogP contribution is 2.27. The Balaban J connectivity index is 3.24. The summed E-state index contributed by atoms with van der Waals surface area (Å²) >= 11 is 0. The number of hydrogen-bond acceptors (Lipinski definition) is 3. The largest absolute Gasteiger partial charge is 0.268 e. The first-order valence-electron chi connectivity index (χ1n) is 6.63. The lowest BCUT2D eigenvalue weighted by Gasteiger charge is -2.18. The highest BCUT2D eigenvalue weighted by molar-refractivity contribution is 8.13. The van der Waals surface area contributed by atoms with E-state index in [1.54, 1.807) is 4.68 Å². The van der Waals surface area contributed by atoms with Crippen LogP contribution in [0.1, 0.15) is 52.4 Å². The van der Waals surface area contributed by atoms with Gasteiger partial charge < -0.3 is 0 Å². The summed E-state index contributed by atoms with van der Waals surface area (Å²) in [6, 6.07) is 0. The molecule has 0 N–H and O–H groups in total. The van der Waals surface area contributed by atoms with E-state index in [0.29, 0.717) is 25.1 Å². The Kier molecular flexibility index (Phi) is 5.07. The molecule has 4 nitrogen and oxygen atoms in total. The third kappa shape index (κ3) is 4.21. The first-order chi connectivity index (χ1) is 8.60. The Hall–Kier alpha value is -0.550.